The highest BCUT2D eigenvalue weighted by Crippen LogP contribution is 2.27. The molecule has 5 nitrogen and oxygen atoms in total. The Labute approximate surface area is 126 Å². The highest BCUT2D eigenvalue weighted by atomic mass is 32.1. The molecule has 0 fully saturated rings. The van der Waals surface area contributed by atoms with Gasteiger partial charge in [0, 0.05) is 16.6 Å². The van der Waals surface area contributed by atoms with E-state index in [-0.39, 0.29) is 5.91 Å². The van der Waals surface area contributed by atoms with Crippen LogP contribution in [0.2, 0.25) is 0 Å². The van der Waals surface area contributed by atoms with Crippen molar-refractivity contribution in [1.82, 2.24) is 0 Å². The molecule has 0 atom stereocenters. The molecule has 2 rings (SSSR count). The summed E-state index contributed by atoms with van der Waals surface area (Å²) in [4.78, 5) is 24.0. The van der Waals surface area contributed by atoms with Crippen molar-refractivity contribution in [3.8, 4) is 0 Å². The van der Waals surface area contributed by atoms with Crippen molar-refractivity contribution in [3.63, 3.8) is 0 Å². The standard InChI is InChI=1S/C15H15N3O2S/c1-9-8-12(14(17)20)15(21-9)18-13(19)7-4-10-2-5-11(16)6-3-10/h2-8H,16H2,1H3,(H2,17,20)(H,18,19)/b7-4+. The number of carbonyl (C=O) groups excluding carboxylic acids is 2. The number of thiophene rings is 1. The third-order valence-corrected chi connectivity index (χ3v) is 3.69. The molecule has 6 heteroatoms. The molecule has 0 bridgehead atoms. The highest BCUT2D eigenvalue weighted by Gasteiger charge is 2.13. The zero-order valence-electron chi connectivity index (χ0n) is 11.4. The van der Waals surface area contributed by atoms with E-state index in [0.717, 1.165) is 10.4 Å². The van der Waals surface area contributed by atoms with Crippen LogP contribution >= 0.6 is 11.3 Å². The molecular weight excluding hydrogens is 286 g/mol. The monoisotopic (exact) mass is 301 g/mol. The molecule has 0 aliphatic rings. The summed E-state index contributed by atoms with van der Waals surface area (Å²) < 4.78 is 0. The van der Waals surface area contributed by atoms with Crippen LogP contribution in [0.4, 0.5) is 10.7 Å². The van der Waals surface area contributed by atoms with Crippen LogP contribution in [0, 0.1) is 6.92 Å². The zero-order valence-corrected chi connectivity index (χ0v) is 12.2. The lowest BCUT2D eigenvalue weighted by molar-refractivity contribution is -0.111. The summed E-state index contributed by atoms with van der Waals surface area (Å²) >= 11 is 1.31. The second-order valence-electron chi connectivity index (χ2n) is 4.45. The predicted octanol–water partition coefficient (Wildman–Crippen LogP) is 2.39. The number of rotatable bonds is 4. The van der Waals surface area contributed by atoms with Crippen molar-refractivity contribution in [1.29, 1.82) is 0 Å². The molecule has 0 spiro atoms. The minimum absolute atomic E-state index is 0.323. The number of primary amides is 1. The topological polar surface area (TPSA) is 98.2 Å². The van der Waals surface area contributed by atoms with Crippen LogP contribution in [-0.2, 0) is 4.79 Å². The van der Waals surface area contributed by atoms with E-state index in [9.17, 15) is 9.59 Å². The number of carbonyl (C=O) groups is 2. The lowest BCUT2D eigenvalue weighted by Crippen LogP contribution is -2.14. The number of nitrogens with one attached hydrogen (secondary N) is 1. The second-order valence-corrected chi connectivity index (χ2v) is 5.71. The molecule has 1 heterocycles. The van der Waals surface area contributed by atoms with Crippen molar-refractivity contribution >= 4 is 39.9 Å². The molecule has 1 aromatic carbocycles. The van der Waals surface area contributed by atoms with E-state index in [1.807, 2.05) is 19.1 Å². The van der Waals surface area contributed by atoms with E-state index in [1.54, 1.807) is 24.3 Å². The first kappa shape index (κ1) is 14.8. The normalized spacial score (nSPS) is 10.7. The molecule has 5 N–H and O–H groups in total. The summed E-state index contributed by atoms with van der Waals surface area (Å²) in [7, 11) is 0. The average Bonchev–Trinajstić information content (AvgIpc) is 2.79. The van der Waals surface area contributed by atoms with Crippen LogP contribution in [0.15, 0.2) is 36.4 Å². The number of nitrogens with two attached hydrogens (primary N) is 2. The van der Waals surface area contributed by atoms with E-state index in [4.69, 9.17) is 11.5 Å². The van der Waals surface area contributed by atoms with Gasteiger partial charge in [0.15, 0.2) is 0 Å². The lowest BCUT2D eigenvalue weighted by atomic mass is 10.2. The molecule has 0 saturated heterocycles. The van der Waals surface area contributed by atoms with Crippen LogP contribution in [0.3, 0.4) is 0 Å². The second kappa shape index (κ2) is 6.23. The summed E-state index contributed by atoms with van der Waals surface area (Å²) in [6, 6.07) is 8.79. The van der Waals surface area contributed by atoms with Crippen LogP contribution in [0.25, 0.3) is 6.08 Å². The van der Waals surface area contributed by atoms with Crippen LogP contribution in [0.1, 0.15) is 20.8 Å². The Morgan fingerprint density at radius 1 is 1.24 bits per heavy atom. The van der Waals surface area contributed by atoms with Crippen molar-refractivity contribution in [2.45, 2.75) is 6.92 Å². The summed E-state index contributed by atoms with van der Waals surface area (Å²) in [5.41, 5.74) is 12.7. The Bertz CT molecular complexity index is 702. The maximum Gasteiger partial charge on any atom is 0.251 e. The number of nitrogen functional groups attached to an aromatic ring is 1. The van der Waals surface area contributed by atoms with E-state index < -0.39 is 5.91 Å². The van der Waals surface area contributed by atoms with Gasteiger partial charge < -0.3 is 16.8 Å². The molecule has 0 unspecified atom stereocenters. The Balaban J connectivity index is 2.08. The lowest BCUT2D eigenvalue weighted by Gasteiger charge is -2.01. The van der Waals surface area contributed by atoms with E-state index in [1.165, 1.54) is 17.4 Å². The van der Waals surface area contributed by atoms with E-state index in [0.29, 0.717) is 16.3 Å². The summed E-state index contributed by atoms with van der Waals surface area (Å²) in [5.74, 6) is -0.881. The first-order chi connectivity index (χ1) is 9.95. The zero-order chi connectivity index (χ0) is 15.4. The van der Waals surface area contributed by atoms with Gasteiger partial charge in [-0.2, -0.15) is 0 Å². The van der Waals surface area contributed by atoms with E-state index >= 15 is 0 Å². The van der Waals surface area contributed by atoms with Gasteiger partial charge in [-0.1, -0.05) is 12.1 Å². The molecule has 0 radical (unpaired) electrons. The Hall–Kier alpha value is -2.60. The summed E-state index contributed by atoms with van der Waals surface area (Å²) in [6.45, 7) is 1.84. The predicted molar refractivity (Wildman–Crippen MR) is 86.1 cm³/mol. The minimum Gasteiger partial charge on any atom is -0.399 e. The maximum atomic E-state index is 11.9. The molecule has 2 aromatic rings. The van der Waals surface area contributed by atoms with Gasteiger partial charge in [0.05, 0.1) is 5.56 Å². The van der Waals surface area contributed by atoms with Gasteiger partial charge >= 0.3 is 0 Å². The van der Waals surface area contributed by atoms with Gasteiger partial charge in [0.2, 0.25) is 5.91 Å². The van der Waals surface area contributed by atoms with Gasteiger partial charge in [0.25, 0.3) is 5.91 Å². The van der Waals surface area contributed by atoms with Crippen LogP contribution < -0.4 is 16.8 Å². The number of aryl methyl sites for hydroxylation is 1. The smallest absolute Gasteiger partial charge is 0.251 e. The summed E-state index contributed by atoms with van der Waals surface area (Å²) in [5, 5.41) is 3.13. The molecule has 0 aliphatic heterocycles. The molecular formula is C15H15N3O2S. The van der Waals surface area contributed by atoms with Crippen molar-refractivity contribution in [3.05, 3.63) is 52.4 Å². The Kier molecular flexibility index (Phi) is 4.39. The maximum absolute atomic E-state index is 11.9. The molecule has 0 aliphatic carbocycles. The third kappa shape index (κ3) is 3.93. The average molecular weight is 301 g/mol. The number of benzene rings is 1. The highest BCUT2D eigenvalue weighted by molar-refractivity contribution is 7.16. The van der Waals surface area contributed by atoms with E-state index in [2.05, 4.69) is 5.32 Å². The molecule has 108 valence electrons. The first-order valence-electron chi connectivity index (χ1n) is 6.20. The van der Waals surface area contributed by atoms with Crippen molar-refractivity contribution in [2.24, 2.45) is 5.73 Å². The van der Waals surface area contributed by atoms with Crippen molar-refractivity contribution < 1.29 is 9.59 Å². The van der Waals surface area contributed by atoms with Gasteiger partial charge in [-0.25, -0.2) is 0 Å². The fraction of sp³-hybridized carbons (Fsp3) is 0.0667. The number of anilines is 2. The molecule has 0 saturated carbocycles. The van der Waals surface area contributed by atoms with Crippen LogP contribution in [0.5, 0.6) is 0 Å². The largest absolute Gasteiger partial charge is 0.399 e. The number of amides is 2. The van der Waals surface area contributed by atoms with Gasteiger partial charge in [0.1, 0.15) is 5.00 Å². The molecule has 21 heavy (non-hydrogen) atoms. The Morgan fingerprint density at radius 2 is 1.90 bits per heavy atom. The van der Waals surface area contributed by atoms with Gasteiger partial charge in [-0.3, -0.25) is 9.59 Å². The fourth-order valence-electron chi connectivity index (χ4n) is 1.72. The third-order valence-electron chi connectivity index (χ3n) is 2.72. The van der Waals surface area contributed by atoms with Gasteiger partial charge in [-0.15, -0.1) is 11.3 Å². The molecule has 2 amide bonds. The van der Waals surface area contributed by atoms with Crippen molar-refractivity contribution in [2.75, 3.05) is 11.1 Å². The fourth-order valence-corrected chi connectivity index (χ4v) is 2.64. The number of hydrogen-bond acceptors (Lipinski definition) is 4. The van der Waals surface area contributed by atoms with Gasteiger partial charge in [-0.05, 0) is 36.8 Å². The number of hydrogen-bond donors (Lipinski definition) is 3. The Morgan fingerprint density at radius 3 is 2.52 bits per heavy atom. The summed E-state index contributed by atoms with van der Waals surface area (Å²) in [6.07, 6.45) is 3.06. The molecule has 1 aromatic heterocycles. The van der Waals surface area contributed by atoms with Crippen LogP contribution in [-0.4, -0.2) is 11.8 Å². The SMILES string of the molecule is Cc1cc(C(N)=O)c(NC(=O)/C=C/c2ccc(N)cc2)s1. The quantitative estimate of drug-likeness (QED) is 0.597. The first-order valence-corrected chi connectivity index (χ1v) is 7.02. The minimum atomic E-state index is -0.558.